The van der Waals surface area contributed by atoms with Crippen molar-refractivity contribution in [2.24, 2.45) is 0 Å². The van der Waals surface area contributed by atoms with Gasteiger partial charge in [-0.05, 0) is 30.2 Å². The van der Waals surface area contributed by atoms with Crippen molar-refractivity contribution in [2.45, 2.75) is 13.0 Å². The Balaban J connectivity index is 1.52. The molecule has 3 rings (SSSR count). The van der Waals surface area contributed by atoms with E-state index in [1.165, 1.54) is 0 Å². The summed E-state index contributed by atoms with van der Waals surface area (Å²) >= 11 is 0. The number of methoxy groups -OCH3 is 1. The van der Waals surface area contributed by atoms with Crippen LogP contribution in [0.25, 0.3) is 11.6 Å². The average molecular weight is 387 g/mol. The van der Waals surface area contributed by atoms with Crippen LogP contribution in [0.1, 0.15) is 5.56 Å². The molecule has 0 amide bonds. The van der Waals surface area contributed by atoms with Gasteiger partial charge in [0.15, 0.2) is 11.6 Å². The number of nitrogens with zero attached hydrogens (tertiary/aromatic N) is 4. The van der Waals surface area contributed by atoms with Gasteiger partial charge in [-0.2, -0.15) is 0 Å². The maximum absolute atomic E-state index is 12.2. The maximum Gasteiger partial charge on any atom is 0.211 e. The summed E-state index contributed by atoms with van der Waals surface area (Å²) in [7, 11) is -1.78. The fourth-order valence-corrected chi connectivity index (χ4v) is 3.60. The SMILES string of the molecule is COc1ccc(CCS(=O)(=O)NCCn2ccnc2-c2ncccn2)cc1. The van der Waals surface area contributed by atoms with Crippen molar-refractivity contribution in [1.82, 2.24) is 24.2 Å². The number of hydrogen-bond donors (Lipinski definition) is 1. The zero-order valence-corrected chi connectivity index (χ0v) is 15.8. The molecular formula is C18H21N5O3S. The molecule has 1 aromatic carbocycles. The number of hydrogen-bond acceptors (Lipinski definition) is 6. The van der Waals surface area contributed by atoms with Gasteiger partial charge in [0.1, 0.15) is 5.75 Å². The lowest BCUT2D eigenvalue weighted by Gasteiger charge is -2.09. The first-order chi connectivity index (χ1) is 13.1. The summed E-state index contributed by atoms with van der Waals surface area (Å²) in [6.45, 7) is 0.705. The van der Waals surface area contributed by atoms with E-state index in [0.717, 1.165) is 11.3 Å². The smallest absolute Gasteiger partial charge is 0.211 e. The van der Waals surface area contributed by atoms with E-state index in [0.29, 0.717) is 24.6 Å². The summed E-state index contributed by atoms with van der Waals surface area (Å²) in [5.74, 6) is 1.88. The van der Waals surface area contributed by atoms with Crippen molar-refractivity contribution in [3.05, 3.63) is 60.7 Å². The number of ether oxygens (including phenoxy) is 1. The van der Waals surface area contributed by atoms with Crippen LogP contribution in [-0.2, 0) is 23.0 Å². The molecule has 0 bridgehead atoms. The molecule has 8 nitrogen and oxygen atoms in total. The van der Waals surface area contributed by atoms with Crippen LogP contribution in [0.4, 0.5) is 0 Å². The van der Waals surface area contributed by atoms with Crippen molar-refractivity contribution >= 4 is 10.0 Å². The van der Waals surface area contributed by atoms with Gasteiger partial charge in [0, 0.05) is 37.9 Å². The Hall–Kier alpha value is -2.78. The summed E-state index contributed by atoms with van der Waals surface area (Å²) in [5.41, 5.74) is 0.944. The summed E-state index contributed by atoms with van der Waals surface area (Å²) in [6, 6.07) is 9.11. The van der Waals surface area contributed by atoms with E-state index in [-0.39, 0.29) is 12.3 Å². The van der Waals surface area contributed by atoms with Gasteiger partial charge in [0.2, 0.25) is 10.0 Å². The van der Waals surface area contributed by atoms with Crippen molar-refractivity contribution in [2.75, 3.05) is 19.4 Å². The number of nitrogens with one attached hydrogen (secondary N) is 1. The van der Waals surface area contributed by atoms with Crippen molar-refractivity contribution in [3.63, 3.8) is 0 Å². The van der Waals surface area contributed by atoms with Gasteiger partial charge in [-0.25, -0.2) is 28.1 Å². The molecular weight excluding hydrogens is 366 g/mol. The molecule has 2 aromatic heterocycles. The molecule has 9 heteroatoms. The maximum atomic E-state index is 12.2. The van der Waals surface area contributed by atoms with Gasteiger partial charge in [-0.15, -0.1) is 0 Å². The molecule has 27 heavy (non-hydrogen) atoms. The predicted octanol–water partition coefficient (Wildman–Crippen LogP) is 1.51. The highest BCUT2D eigenvalue weighted by atomic mass is 32.2. The summed E-state index contributed by atoms with van der Waals surface area (Å²) in [5, 5.41) is 0. The molecule has 1 N–H and O–H groups in total. The number of aromatic nitrogens is 4. The molecule has 0 fully saturated rings. The minimum Gasteiger partial charge on any atom is -0.497 e. The quantitative estimate of drug-likeness (QED) is 0.598. The van der Waals surface area contributed by atoms with Crippen LogP contribution in [0.15, 0.2) is 55.1 Å². The molecule has 3 aromatic rings. The van der Waals surface area contributed by atoms with Crippen molar-refractivity contribution in [3.8, 4) is 17.4 Å². The number of aryl methyl sites for hydroxylation is 1. The lowest BCUT2D eigenvalue weighted by atomic mass is 10.2. The molecule has 2 heterocycles. The topological polar surface area (TPSA) is 99.0 Å². The summed E-state index contributed by atoms with van der Waals surface area (Å²) < 4.78 is 34.0. The Labute approximate surface area is 158 Å². The number of imidazole rings is 1. The highest BCUT2D eigenvalue weighted by Gasteiger charge is 2.12. The highest BCUT2D eigenvalue weighted by molar-refractivity contribution is 7.89. The van der Waals surface area contributed by atoms with Crippen LogP contribution in [0.5, 0.6) is 5.75 Å². The molecule has 0 radical (unpaired) electrons. The molecule has 0 aliphatic rings. The van der Waals surface area contributed by atoms with Gasteiger partial charge in [0.05, 0.1) is 12.9 Å². The minimum atomic E-state index is -3.37. The second-order valence-corrected chi connectivity index (χ2v) is 7.75. The molecule has 0 unspecified atom stereocenters. The molecule has 0 saturated heterocycles. The third-order valence-electron chi connectivity index (χ3n) is 3.97. The largest absolute Gasteiger partial charge is 0.497 e. The second kappa shape index (κ2) is 8.74. The predicted molar refractivity (Wildman–Crippen MR) is 102 cm³/mol. The normalized spacial score (nSPS) is 11.4. The Morgan fingerprint density at radius 1 is 1.07 bits per heavy atom. The number of benzene rings is 1. The van der Waals surface area contributed by atoms with E-state index >= 15 is 0 Å². The summed E-state index contributed by atoms with van der Waals surface area (Å²) in [6.07, 6.45) is 7.14. The number of rotatable bonds is 9. The van der Waals surface area contributed by atoms with E-state index < -0.39 is 10.0 Å². The fourth-order valence-electron chi connectivity index (χ4n) is 2.55. The zero-order valence-electron chi connectivity index (χ0n) is 14.9. The van der Waals surface area contributed by atoms with Gasteiger partial charge < -0.3 is 9.30 Å². The first-order valence-corrected chi connectivity index (χ1v) is 10.1. The molecule has 0 spiro atoms. The number of sulfonamides is 1. The van der Waals surface area contributed by atoms with Crippen molar-refractivity contribution < 1.29 is 13.2 Å². The Kier molecular flexibility index (Phi) is 6.15. The van der Waals surface area contributed by atoms with Crippen LogP contribution in [0, 0.1) is 0 Å². The molecule has 0 atom stereocenters. The standard InChI is InChI=1S/C18H21N5O3S/c1-26-16-5-3-15(4-6-16)7-14-27(24,25)22-11-13-23-12-10-21-18(23)17-19-8-2-9-20-17/h2-6,8-10,12,22H,7,11,13-14H2,1H3. The van der Waals surface area contributed by atoms with Crippen molar-refractivity contribution in [1.29, 1.82) is 0 Å². The minimum absolute atomic E-state index is 0.0257. The van der Waals surface area contributed by atoms with Gasteiger partial charge >= 0.3 is 0 Å². The van der Waals surface area contributed by atoms with Crippen LogP contribution in [0.3, 0.4) is 0 Å². The Morgan fingerprint density at radius 2 is 1.81 bits per heavy atom. The van der Waals surface area contributed by atoms with Crippen LogP contribution in [-0.4, -0.2) is 47.3 Å². The lowest BCUT2D eigenvalue weighted by Crippen LogP contribution is -2.30. The first-order valence-electron chi connectivity index (χ1n) is 8.46. The van der Waals surface area contributed by atoms with E-state index in [2.05, 4.69) is 19.7 Å². The molecule has 0 saturated carbocycles. The van der Waals surface area contributed by atoms with E-state index in [1.54, 1.807) is 38.0 Å². The monoisotopic (exact) mass is 387 g/mol. The zero-order chi connectivity index (χ0) is 19.1. The van der Waals surface area contributed by atoms with Gasteiger partial charge in [-0.1, -0.05) is 12.1 Å². The van der Waals surface area contributed by atoms with Crippen LogP contribution >= 0.6 is 0 Å². The van der Waals surface area contributed by atoms with Crippen LogP contribution in [0.2, 0.25) is 0 Å². The molecule has 0 aliphatic carbocycles. The van der Waals surface area contributed by atoms with Gasteiger partial charge in [-0.3, -0.25) is 0 Å². The average Bonchev–Trinajstić information content (AvgIpc) is 3.16. The van der Waals surface area contributed by atoms with Crippen LogP contribution < -0.4 is 9.46 Å². The van der Waals surface area contributed by atoms with Gasteiger partial charge in [0.25, 0.3) is 0 Å². The molecule has 0 aliphatic heterocycles. The lowest BCUT2D eigenvalue weighted by molar-refractivity contribution is 0.414. The summed E-state index contributed by atoms with van der Waals surface area (Å²) in [4.78, 5) is 12.6. The van der Waals surface area contributed by atoms with E-state index in [1.807, 2.05) is 28.8 Å². The fraction of sp³-hybridized carbons (Fsp3) is 0.278. The highest BCUT2D eigenvalue weighted by Crippen LogP contribution is 2.12. The molecule has 142 valence electrons. The second-order valence-electron chi connectivity index (χ2n) is 5.83. The third kappa shape index (κ3) is 5.35. The first kappa shape index (κ1) is 19.0. The third-order valence-corrected chi connectivity index (χ3v) is 5.36. The Bertz CT molecular complexity index is 956. The van der Waals surface area contributed by atoms with E-state index in [4.69, 9.17) is 4.74 Å². The van der Waals surface area contributed by atoms with E-state index in [9.17, 15) is 8.42 Å². The Morgan fingerprint density at radius 3 is 2.52 bits per heavy atom.